The molecule has 6 heteroatoms. The van der Waals surface area contributed by atoms with Crippen LogP contribution in [0.3, 0.4) is 0 Å². The summed E-state index contributed by atoms with van der Waals surface area (Å²) in [5.41, 5.74) is 1.18. The van der Waals surface area contributed by atoms with Gasteiger partial charge in [-0.05, 0) is 62.8 Å². The molecule has 3 heterocycles. The topological polar surface area (TPSA) is 62.6 Å². The monoisotopic (exact) mass is 372 g/mol. The Kier molecular flexibility index (Phi) is 4.85. The van der Waals surface area contributed by atoms with Crippen molar-refractivity contribution in [2.24, 2.45) is 5.92 Å². The maximum absolute atomic E-state index is 12.6. The third-order valence-corrected chi connectivity index (χ3v) is 6.52. The highest BCUT2D eigenvalue weighted by Gasteiger charge is 2.29. The predicted molar refractivity (Wildman–Crippen MR) is 100 cm³/mol. The van der Waals surface area contributed by atoms with Crippen molar-refractivity contribution < 1.29 is 14.0 Å². The Morgan fingerprint density at radius 1 is 1.31 bits per heavy atom. The molecule has 0 spiro atoms. The molecule has 4 rings (SSSR count). The van der Waals surface area contributed by atoms with Crippen LogP contribution in [0.25, 0.3) is 0 Å². The first-order valence-electron chi connectivity index (χ1n) is 9.34. The first kappa shape index (κ1) is 17.3. The number of carbonyl (C=O) groups is 2. The van der Waals surface area contributed by atoms with Crippen molar-refractivity contribution in [1.29, 1.82) is 0 Å². The Bertz CT molecular complexity index is 817. The molecule has 1 atom stereocenters. The van der Waals surface area contributed by atoms with Gasteiger partial charge in [-0.1, -0.05) is 0 Å². The minimum absolute atomic E-state index is 0.0251. The molecule has 2 aliphatic rings. The fourth-order valence-electron chi connectivity index (χ4n) is 3.83. The fourth-order valence-corrected chi connectivity index (χ4v) is 5.00. The molecule has 0 aromatic carbocycles. The van der Waals surface area contributed by atoms with Crippen LogP contribution in [-0.4, -0.2) is 29.8 Å². The van der Waals surface area contributed by atoms with Crippen molar-refractivity contribution >= 4 is 23.2 Å². The van der Waals surface area contributed by atoms with E-state index in [-0.39, 0.29) is 17.7 Å². The van der Waals surface area contributed by atoms with Crippen molar-refractivity contribution in [2.75, 3.05) is 13.1 Å². The van der Waals surface area contributed by atoms with Gasteiger partial charge < -0.3 is 14.6 Å². The number of carbonyl (C=O) groups excluding carboxylic acids is 2. The molecule has 2 aromatic rings. The number of rotatable bonds is 4. The van der Waals surface area contributed by atoms with Gasteiger partial charge in [0, 0.05) is 23.9 Å². The van der Waals surface area contributed by atoms with E-state index in [1.165, 1.54) is 10.4 Å². The second-order valence-corrected chi connectivity index (χ2v) is 8.37. The van der Waals surface area contributed by atoms with E-state index >= 15 is 0 Å². The lowest BCUT2D eigenvalue weighted by atomic mass is 9.87. The van der Waals surface area contributed by atoms with Crippen molar-refractivity contribution in [3.05, 3.63) is 45.0 Å². The second-order valence-electron chi connectivity index (χ2n) is 7.23. The average Bonchev–Trinajstić information content (AvgIpc) is 3.38. The molecule has 1 fully saturated rings. The Hall–Kier alpha value is -2.08. The molecule has 5 nitrogen and oxygen atoms in total. The quantitative estimate of drug-likeness (QED) is 0.896. The number of nitrogens with zero attached hydrogens (tertiary/aromatic N) is 1. The number of fused-ring (bicyclic) bond motifs is 1. The van der Waals surface area contributed by atoms with Gasteiger partial charge in [0.15, 0.2) is 0 Å². The van der Waals surface area contributed by atoms with Gasteiger partial charge in [-0.15, -0.1) is 11.3 Å². The Labute approximate surface area is 157 Å². The zero-order chi connectivity index (χ0) is 18.1. The summed E-state index contributed by atoms with van der Waals surface area (Å²) in [7, 11) is 0. The van der Waals surface area contributed by atoms with Crippen LogP contribution in [-0.2, 0) is 24.2 Å². The van der Waals surface area contributed by atoms with Crippen LogP contribution in [0, 0.1) is 12.8 Å². The highest BCUT2D eigenvalue weighted by Crippen LogP contribution is 2.33. The van der Waals surface area contributed by atoms with Gasteiger partial charge in [-0.25, -0.2) is 0 Å². The van der Waals surface area contributed by atoms with E-state index in [2.05, 4.69) is 5.32 Å². The van der Waals surface area contributed by atoms with E-state index in [1.807, 2.05) is 30.0 Å². The van der Waals surface area contributed by atoms with Crippen LogP contribution in [0.4, 0.5) is 0 Å². The van der Waals surface area contributed by atoms with E-state index in [9.17, 15) is 9.59 Å². The first-order chi connectivity index (χ1) is 12.6. The molecule has 1 saturated heterocycles. The maximum atomic E-state index is 12.6. The highest BCUT2D eigenvalue weighted by molar-refractivity contribution is 7.14. The molecule has 1 unspecified atom stereocenters. The first-order valence-corrected chi connectivity index (χ1v) is 10.2. The molecule has 1 aliphatic carbocycles. The number of nitrogens with one attached hydrogen (secondary N) is 1. The SMILES string of the molecule is Cc1ccc(CNC(=O)C2CCc3sc(C(=O)N4CCCC4)cc3C2)o1. The van der Waals surface area contributed by atoms with Crippen LogP contribution in [0.1, 0.15) is 50.9 Å². The lowest BCUT2D eigenvalue weighted by molar-refractivity contribution is -0.125. The summed E-state index contributed by atoms with van der Waals surface area (Å²) in [6, 6.07) is 5.82. The fraction of sp³-hybridized carbons (Fsp3) is 0.500. The molecule has 0 radical (unpaired) electrons. The Balaban J connectivity index is 1.37. The summed E-state index contributed by atoms with van der Waals surface area (Å²) >= 11 is 1.62. The van der Waals surface area contributed by atoms with Gasteiger partial charge in [0.2, 0.25) is 5.91 Å². The summed E-state index contributed by atoms with van der Waals surface area (Å²) in [5.74, 6) is 1.84. The molecule has 1 N–H and O–H groups in total. The van der Waals surface area contributed by atoms with Crippen LogP contribution >= 0.6 is 11.3 Å². The zero-order valence-electron chi connectivity index (χ0n) is 15.0. The number of furan rings is 1. The van der Waals surface area contributed by atoms with E-state index < -0.39 is 0 Å². The summed E-state index contributed by atoms with van der Waals surface area (Å²) < 4.78 is 5.50. The maximum Gasteiger partial charge on any atom is 0.263 e. The number of thiophene rings is 1. The summed E-state index contributed by atoms with van der Waals surface area (Å²) in [5, 5.41) is 2.98. The zero-order valence-corrected chi connectivity index (χ0v) is 15.9. The number of hydrogen-bond acceptors (Lipinski definition) is 4. The standard InChI is InChI=1S/C20H24N2O3S/c1-13-4-6-16(25-13)12-21-19(23)14-5-7-17-15(10-14)11-18(26-17)20(24)22-8-2-3-9-22/h4,6,11,14H,2-3,5,7-10,12H2,1H3,(H,21,23). The predicted octanol–water partition coefficient (Wildman–Crippen LogP) is 3.31. The molecule has 0 saturated carbocycles. The highest BCUT2D eigenvalue weighted by atomic mass is 32.1. The molecular weight excluding hydrogens is 348 g/mol. The van der Waals surface area contributed by atoms with Gasteiger partial charge in [-0.3, -0.25) is 9.59 Å². The van der Waals surface area contributed by atoms with Crippen LogP contribution in [0.2, 0.25) is 0 Å². The average molecular weight is 372 g/mol. The normalized spacial score (nSPS) is 19.4. The minimum atomic E-state index is -0.0251. The van der Waals surface area contributed by atoms with Gasteiger partial charge in [0.25, 0.3) is 5.91 Å². The van der Waals surface area contributed by atoms with E-state index in [1.54, 1.807) is 11.3 Å². The molecule has 1 aliphatic heterocycles. The van der Waals surface area contributed by atoms with Crippen molar-refractivity contribution in [3.63, 3.8) is 0 Å². The molecule has 2 aromatic heterocycles. The molecular formula is C20H24N2O3S. The van der Waals surface area contributed by atoms with Crippen LogP contribution in [0.15, 0.2) is 22.6 Å². The largest absolute Gasteiger partial charge is 0.465 e. The Morgan fingerprint density at radius 2 is 2.12 bits per heavy atom. The summed E-state index contributed by atoms with van der Waals surface area (Å²) in [6.45, 7) is 4.07. The van der Waals surface area contributed by atoms with Crippen LogP contribution < -0.4 is 5.32 Å². The number of likely N-dealkylation sites (tertiary alicyclic amines) is 1. The van der Waals surface area contributed by atoms with E-state index in [0.29, 0.717) is 6.54 Å². The lowest BCUT2D eigenvalue weighted by Crippen LogP contribution is -2.33. The van der Waals surface area contributed by atoms with Crippen molar-refractivity contribution in [3.8, 4) is 0 Å². The smallest absolute Gasteiger partial charge is 0.263 e. The summed E-state index contributed by atoms with van der Waals surface area (Å²) in [6.07, 6.45) is 4.66. The third kappa shape index (κ3) is 3.56. The molecule has 2 amide bonds. The summed E-state index contributed by atoms with van der Waals surface area (Å²) in [4.78, 5) is 29.2. The number of aryl methyl sites for hydroxylation is 2. The van der Waals surface area contributed by atoms with Crippen LogP contribution in [0.5, 0.6) is 0 Å². The third-order valence-electron chi connectivity index (χ3n) is 5.29. The number of amides is 2. The molecule has 0 bridgehead atoms. The van der Waals surface area contributed by atoms with Crippen molar-refractivity contribution in [1.82, 2.24) is 10.2 Å². The second kappa shape index (κ2) is 7.27. The molecule has 26 heavy (non-hydrogen) atoms. The van der Waals surface area contributed by atoms with Crippen molar-refractivity contribution in [2.45, 2.75) is 45.6 Å². The Morgan fingerprint density at radius 3 is 2.85 bits per heavy atom. The van der Waals surface area contributed by atoms with E-state index in [0.717, 1.165) is 61.6 Å². The minimum Gasteiger partial charge on any atom is -0.465 e. The van der Waals surface area contributed by atoms with Gasteiger partial charge in [-0.2, -0.15) is 0 Å². The number of hydrogen-bond donors (Lipinski definition) is 1. The molecule has 138 valence electrons. The van der Waals surface area contributed by atoms with E-state index in [4.69, 9.17) is 4.42 Å². The van der Waals surface area contributed by atoms with Gasteiger partial charge in [0.05, 0.1) is 11.4 Å². The van der Waals surface area contributed by atoms with Gasteiger partial charge in [0.1, 0.15) is 11.5 Å². The lowest BCUT2D eigenvalue weighted by Gasteiger charge is -2.21. The van der Waals surface area contributed by atoms with Gasteiger partial charge >= 0.3 is 0 Å².